The number of halogens is 1. The van der Waals surface area contributed by atoms with Crippen LogP contribution >= 0.6 is 24.0 Å². The van der Waals surface area contributed by atoms with Crippen molar-refractivity contribution in [1.82, 2.24) is 30.7 Å². The molecule has 166 valence electrons. The molecule has 0 aliphatic carbocycles. The molecule has 0 fully saturated rings. The van der Waals surface area contributed by atoms with Crippen LogP contribution in [0.5, 0.6) is 0 Å². The van der Waals surface area contributed by atoms with E-state index in [9.17, 15) is 4.79 Å². The zero-order chi connectivity index (χ0) is 20.6. The van der Waals surface area contributed by atoms with Crippen molar-refractivity contribution in [2.75, 3.05) is 27.2 Å². The standard InChI is InChI=1S/C18H33N7O3.HI/c1-18(2,3)28-17(26)21-10-6-9-20-16(19-4)22-13-7-8-15-23-14(12-27-5)24-25(15)11-13;/h13H,6-12H2,1-5H3,(H,21,26)(H2,19,20,22);1H. The topological polar surface area (TPSA) is 115 Å². The number of alkyl carbamates (subject to hydrolysis) is 1. The first-order valence-electron chi connectivity index (χ1n) is 9.66. The largest absolute Gasteiger partial charge is 0.444 e. The Kier molecular flexibility index (Phi) is 10.6. The summed E-state index contributed by atoms with van der Waals surface area (Å²) in [6, 6.07) is 0.232. The van der Waals surface area contributed by atoms with Crippen molar-refractivity contribution in [3.05, 3.63) is 11.6 Å². The summed E-state index contributed by atoms with van der Waals surface area (Å²) >= 11 is 0. The number of guanidine groups is 1. The van der Waals surface area contributed by atoms with Crippen molar-refractivity contribution in [3.63, 3.8) is 0 Å². The van der Waals surface area contributed by atoms with Crippen molar-refractivity contribution >= 4 is 36.0 Å². The van der Waals surface area contributed by atoms with Crippen LogP contribution in [0.3, 0.4) is 0 Å². The molecule has 0 saturated heterocycles. The van der Waals surface area contributed by atoms with E-state index in [1.807, 2.05) is 25.5 Å². The smallest absolute Gasteiger partial charge is 0.407 e. The van der Waals surface area contributed by atoms with E-state index in [1.165, 1.54) is 0 Å². The molecule has 11 heteroatoms. The van der Waals surface area contributed by atoms with Crippen LogP contribution in [0.15, 0.2) is 4.99 Å². The lowest BCUT2D eigenvalue weighted by Crippen LogP contribution is -2.47. The van der Waals surface area contributed by atoms with Gasteiger partial charge in [-0.3, -0.25) is 4.99 Å². The Bertz CT molecular complexity index is 673. The number of rotatable bonds is 7. The van der Waals surface area contributed by atoms with Crippen LogP contribution in [0.2, 0.25) is 0 Å². The summed E-state index contributed by atoms with van der Waals surface area (Å²) in [6.07, 6.45) is 2.20. The second-order valence-corrected chi connectivity index (χ2v) is 7.72. The van der Waals surface area contributed by atoms with Crippen LogP contribution in [0.25, 0.3) is 0 Å². The van der Waals surface area contributed by atoms with Crippen LogP contribution in [0.4, 0.5) is 4.79 Å². The molecule has 1 atom stereocenters. The summed E-state index contributed by atoms with van der Waals surface area (Å²) in [7, 11) is 3.39. The molecule has 0 saturated carbocycles. The molecule has 1 unspecified atom stereocenters. The maximum atomic E-state index is 11.6. The molecular weight excluding hydrogens is 489 g/mol. The second-order valence-electron chi connectivity index (χ2n) is 7.72. The SMILES string of the molecule is CN=C(NCCCNC(=O)OC(C)(C)C)NC1CCc2nc(COC)nn2C1.I. The Labute approximate surface area is 189 Å². The maximum absolute atomic E-state index is 11.6. The van der Waals surface area contributed by atoms with Gasteiger partial charge in [0.25, 0.3) is 0 Å². The number of methoxy groups -OCH3 is 1. The molecule has 2 rings (SSSR count). The number of aryl methyl sites for hydroxylation is 1. The predicted octanol–water partition coefficient (Wildman–Crippen LogP) is 1.44. The number of nitrogens with one attached hydrogen (secondary N) is 3. The van der Waals surface area contributed by atoms with Gasteiger partial charge in [-0.15, -0.1) is 24.0 Å². The van der Waals surface area contributed by atoms with Crippen molar-refractivity contribution in [1.29, 1.82) is 0 Å². The van der Waals surface area contributed by atoms with Gasteiger partial charge >= 0.3 is 6.09 Å². The zero-order valence-corrected chi connectivity index (χ0v) is 20.3. The lowest BCUT2D eigenvalue weighted by molar-refractivity contribution is 0.0527. The van der Waals surface area contributed by atoms with Crippen molar-refractivity contribution in [2.24, 2.45) is 4.99 Å². The first-order chi connectivity index (χ1) is 13.3. The lowest BCUT2D eigenvalue weighted by Gasteiger charge is -2.25. The molecule has 0 radical (unpaired) electrons. The number of hydrogen-bond donors (Lipinski definition) is 3. The number of aliphatic imine (C=N–C) groups is 1. The molecule has 0 aromatic carbocycles. The summed E-state index contributed by atoms with van der Waals surface area (Å²) < 4.78 is 12.2. The Hall–Kier alpha value is -1.63. The normalized spacial score (nSPS) is 16.4. The minimum absolute atomic E-state index is 0. The van der Waals surface area contributed by atoms with E-state index < -0.39 is 11.7 Å². The van der Waals surface area contributed by atoms with E-state index in [2.05, 4.69) is 31.0 Å². The number of aromatic nitrogens is 3. The summed E-state index contributed by atoms with van der Waals surface area (Å²) in [4.78, 5) is 20.4. The number of ether oxygens (including phenoxy) is 2. The third kappa shape index (κ3) is 9.15. The zero-order valence-electron chi connectivity index (χ0n) is 17.9. The molecule has 2 heterocycles. The minimum Gasteiger partial charge on any atom is -0.444 e. The van der Waals surface area contributed by atoms with Gasteiger partial charge in [-0.2, -0.15) is 5.10 Å². The number of hydrogen-bond acceptors (Lipinski definition) is 6. The van der Waals surface area contributed by atoms with Crippen molar-refractivity contribution in [2.45, 2.75) is 64.8 Å². The molecule has 10 nitrogen and oxygen atoms in total. The third-order valence-corrected chi connectivity index (χ3v) is 4.05. The monoisotopic (exact) mass is 523 g/mol. The third-order valence-electron chi connectivity index (χ3n) is 4.05. The highest BCUT2D eigenvalue weighted by molar-refractivity contribution is 14.0. The highest BCUT2D eigenvalue weighted by atomic mass is 127. The Balaban J connectivity index is 0.00000420. The maximum Gasteiger partial charge on any atom is 0.407 e. The van der Waals surface area contributed by atoms with Gasteiger partial charge in [0, 0.05) is 39.7 Å². The molecular formula is C18H34IN7O3. The van der Waals surface area contributed by atoms with Crippen LogP contribution < -0.4 is 16.0 Å². The quantitative estimate of drug-likeness (QED) is 0.215. The number of amides is 1. The fourth-order valence-electron chi connectivity index (χ4n) is 2.86. The van der Waals surface area contributed by atoms with E-state index in [4.69, 9.17) is 9.47 Å². The van der Waals surface area contributed by atoms with Gasteiger partial charge < -0.3 is 25.4 Å². The average molecular weight is 523 g/mol. The number of carbonyl (C=O) groups excluding carboxylic acids is 1. The summed E-state index contributed by atoms with van der Waals surface area (Å²) in [5.74, 6) is 2.46. The minimum atomic E-state index is -0.484. The van der Waals surface area contributed by atoms with Crippen LogP contribution in [0.1, 0.15) is 45.3 Å². The van der Waals surface area contributed by atoms with Crippen LogP contribution in [0, 0.1) is 0 Å². The molecule has 1 aliphatic rings. The fourth-order valence-corrected chi connectivity index (χ4v) is 2.86. The second kappa shape index (κ2) is 12.2. The van der Waals surface area contributed by atoms with Gasteiger partial charge in [0.2, 0.25) is 0 Å². The molecule has 0 bridgehead atoms. The molecule has 3 N–H and O–H groups in total. The highest BCUT2D eigenvalue weighted by Gasteiger charge is 2.22. The fraction of sp³-hybridized carbons (Fsp3) is 0.778. The molecule has 1 aromatic rings. The van der Waals surface area contributed by atoms with E-state index >= 15 is 0 Å². The first kappa shape index (κ1) is 25.4. The van der Waals surface area contributed by atoms with E-state index in [-0.39, 0.29) is 30.0 Å². The van der Waals surface area contributed by atoms with Gasteiger partial charge in [-0.1, -0.05) is 0 Å². The number of carbonyl (C=O) groups is 1. The van der Waals surface area contributed by atoms with Gasteiger partial charge in [0.15, 0.2) is 11.8 Å². The molecule has 1 aromatic heterocycles. The van der Waals surface area contributed by atoms with Gasteiger partial charge in [-0.25, -0.2) is 14.5 Å². The predicted molar refractivity (Wildman–Crippen MR) is 122 cm³/mol. The van der Waals surface area contributed by atoms with Gasteiger partial charge in [0.1, 0.15) is 18.0 Å². The van der Waals surface area contributed by atoms with Crippen LogP contribution in [-0.2, 0) is 29.0 Å². The van der Waals surface area contributed by atoms with E-state index in [0.717, 1.165) is 43.4 Å². The Morgan fingerprint density at radius 1 is 1.31 bits per heavy atom. The van der Waals surface area contributed by atoms with Crippen molar-refractivity contribution < 1.29 is 14.3 Å². The van der Waals surface area contributed by atoms with Gasteiger partial charge in [0.05, 0.1) is 6.54 Å². The molecule has 1 aliphatic heterocycles. The Morgan fingerprint density at radius 2 is 2.03 bits per heavy atom. The number of fused-ring (bicyclic) bond motifs is 1. The van der Waals surface area contributed by atoms with Crippen LogP contribution in [-0.4, -0.2) is 65.7 Å². The lowest BCUT2D eigenvalue weighted by atomic mass is 10.1. The summed E-state index contributed by atoms with van der Waals surface area (Å²) in [5, 5.41) is 13.9. The summed E-state index contributed by atoms with van der Waals surface area (Å²) in [5.41, 5.74) is -0.484. The summed E-state index contributed by atoms with van der Waals surface area (Å²) in [6.45, 7) is 7.93. The van der Waals surface area contributed by atoms with Crippen molar-refractivity contribution in [3.8, 4) is 0 Å². The van der Waals surface area contributed by atoms with Gasteiger partial charge in [-0.05, 0) is 33.6 Å². The molecule has 1 amide bonds. The molecule has 0 spiro atoms. The first-order valence-corrected chi connectivity index (χ1v) is 9.66. The van der Waals surface area contributed by atoms with E-state index in [0.29, 0.717) is 19.7 Å². The average Bonchev–Trinajstić information content (AvgIpc) is 3.00. The Morgan fingerprint density at radius 3 is 2.69 bits per heavy atom. The highest BCUT2D eigenvalue weighted by Crippen LogP contribution is 2.13. The molecule has 29 heavy (non-hydrogen) atoms. The number of nitrogens with zero attached hydrogens (tertiary/aromatic N) is 4. The van der Waals surface area contributed by atoms with E-state index in [1.54, 1.807) is 14.2 Å².